The number of amides is 2. The lowest BCUT2D eigenvalue weighted by Crippen LogP contribution is -2.52. The fourth-order valence-electron chi connectivity index (χ4n) is 4.67. The minimum absolute atomic E-state index is 0.0134. The Hall–Kier alpha value is -3.34. The van der Waals surface area contributed by atoms with Crippen molar-refractivity contribution in [3.05, 3.63) is 53.8 Å². The van der Waals surface area contributed by atoms with E-state index in [0.29, 0.717) is 30.3 Å². The Balaban J connectivity index is 1.61. The summed E-state index contributed by atoms with van der Waals surface area (Å²) in [4.78, 5) is 28.2. The smallest absolute Gasteiger partial charge is 0.244 e. The zero-order valence-corrected chi connectivity index (χ0v) is 22.5. The number of halogens is 1. The van der Waals surface area contributed by atoms with Crippen LogP contribution in [0.25, 0.3) is 0 Å². The molecular weight excluding hydrogens is 513 g/mol. The van der Waals surface area contributed by atoms with Crippen LogP contribution in [0.4, 0.5) is 10.1 Å². The fourth-order valence-corrected chi connectivity index (χ4v) is 5.72. The molecule has 1 unspecified atom stereocenters. The van der Waals surface area contributed by atoms with Crippen molar-refractivity contribution in [3.63, 3.8) is 0 Å². The summed E-state index contributed by atoms with van der Waals surface area (Å²) in [6.07, 6.45) is 3.85. The van der Waals surface area contributed by atoms with Gasteiger partial charge in [0.15, 0.2) is 11.5 Å². The minimum atomic E-state index is -3.87. The van der Waals surface area contributed by atoms with E-state index in [9.17, 15) is 22.4 Å². The van der Waals surface area contributed by atoms with Gasteiger partial charge in [0.1, 0.15) is 31.6 Å². The number of carbonyl (C=O) groups excluding carboxylic acids is 2. The van der Waals surface area contributed by atoms with Gasteiger partial charge in [-0.2, -0.15) is 0 Å². The molecule has 1 fully saturated rings. The van der Waals surface area contributed by atoms with Gasteiger partial charge < -0.3 is 19.7 Å². The van der Waals surface area contributed by atoms with Gasteiger partial charge >= 0.3 is 0 Å². The molecule has 38 heavy (non-hydrogen) atoms. The van der Waals surface area contributed by atoms with E-state index in [4.69, 9.17) is 9.47 Å². The molecule has 0 saturated heterocycles. The van der Waals surface area contributed by atoms with E-state index in [1.54, 1.807) is 31.2 Å². The number of hydrogen-bond donors (Lipinski definition) is 1. The monoisotopic (exact) mass is 547 g/mol. The summed E-state index contributed by atoms with van der Waals surface area (Å²) >= 11 is 0. The Morgan fingerprint density at radius 1 is 1.05 bits per heavy atom. The van der Waals surface area contributed by atoms with Crippen molar-refractivity contribution in [3.8, 4) is 11.5 Å². The van der Waals surface area contributed by atoms with Gasteiger partial charge in [-0.15, -0.1) is 0 Å². The van der Waals surface area contributed by atoms with Crippen LogP contribution in [-0.2, 0) is 26.2 Å². The molecule has 9 nitrogen and oxygen atoms in total. The first-order valence-electron chi connectivity index (χ1n) is 12.9. The highest BCUT2D eigenvalue weighted by Crippen LogP contribution is 2.35. The fraction of sp³-hybridized carbons (Fsp3) is 0.481. The SMILES string of the molecule is CCS(=O)(=O)N(CC(=O)N(Cc1ccc(F)cc1)C(C)C(=O)NC1CCCC1)c1ccc2c(c1)OCCO2. The van der Waals surface area contributed by atoms with E-state index in [0.717, 1.165) is 30.0 Å². The van der Waals surface area contributed by atoms with Crippen molar-refractivity contribution in [2.24, 2.45) is 0 Å². The molecule has 11 heteroatoms. The maximum Gasteiger partial charge on any atom is 0.244 e. The summed E-state index contributed by atoms with van der Waals surface area (Å²) in [5.74, 6) is -0.630. The summed E-state index contributed by atoms with van der Waals surface area (Å²) in [5.41, 5.74) is 0.874. The van der Waals surface area contributed by atoms with E-state index < -0.39 is 34.3 Å². The van der Waals surface area contributed by atoms with E-state index in [1.807, 2.05) is 0 Å². The Bertz CT molecular complexity index is 1250. The van der Waals surface area contributed by atoms with Crippen LogP contribution in [0.2, 0.25) is 0 Å². The first kappa shape index (κ1) is 27.7. The van der Waals surface area contributed by atoms with Gasteiger partial charge in [-0.05, 0) is 56.5 Å². The zero-order chi connectivity index (χ0) is 27.3. The van der Waals surface area contributed by atoms with Gasteiger partial charge in [-0.25, -0.2) is 12.8 Å². The number of nitrogens with one attached hydrogen (secondary N) is 1. The normalized spacial score (nSPS) is 16.1. The third-order valence-electron chi connectivity index (χ3n) is 6.93. The van der Waals surface area contributed by atoms with Crippen molar-refractivity contribution < 1.29 is 31.9 Å². The van der Waals surface area contributed by atoms with Crippen molar-refractivity contribution >= 4 is 27.5 Å². The number of fused-ring (bicyclic) bond motifs is 1. The molecule has 0 bridgehead atoms. The third-order valence-corrected chi connectivity index (χ3v) is 8.67. The molecule has 1 heterocycles. The van der Waals surface area contributed by atoms with Crippen LogP contribution in [0.3, 0.4) is 0 Å². The number of hydrogen-bond acceptors (Lipinski definition) is 6. The van der Waals surface area contributed by atoms with Crippen LogP contribution in [0.5, 0.6) is 11.5 Å². The Morgan fingerprint density at radius 3 is 2.37 bits per heavy atom. The van der Waals surface area contributed by atoms with Crippen molar-refractivity contribution in [1.29, 1.82) is 0 Å². The first-order valence-corrected chi connectivity index (χ1v) is 14.5. The van der Waals surface area contributed by atoms with Crippen LogP contribution >= 0.6 is 0 Å². The van der Waals surface area contributed by atoms with E-state index in [-0.39, 0.29) is 29.9 Å². The second kappa shape index (κ2) is 12.0. The van der Waals surface area contributed by atoms with Gasteiger partial charge in [0, 0.05) is 18.7 Å². The van der Waals surface area contributed by atoms with E-state index in [1.165, 1.54) is 30.0 Å². The molecule has 4 rings (SSSR count). The molecule has 1 N–H and O–H groups in total. The van der Waals surface area contributed by atoms with Gasteiger partial charge in [-0.3, -0.25) is 13.9 Å². The Morgan fingerprint density at radius 2 is 1.71 bits per heavy atom. The summed E-state index contributed by atoms with van der Waals surface area (Å²) in [6, 6.07) is 9.54. The minimum Gasteiger partial charge on any atom is -0.486 e. The van der Waals surface area contributed by atoms with Gasteiger partial charge in [-0.1, -0.05) is 25.0 Å². The quantitative estimate of drug-likeness (QED) is 0.490. The topological polar surface area (TPSA) is 105 Å². The lowest BCUT2D eigenvalue weighted by atomic mass is 10.1. The lowest BCUT2D eigenvalue weighted by molar-refractivity contribution is -0.139. The summed E-state index contributed by atoms with van der Waals surface area (Å²) in [5, 5.41) is 3.01. The van der Waals surface area contributed by atoms with Gasteiger partial charge in [0.05, 0.1) is 11.4 Å². The summed E-state index contributed by atoms with van der Waals surface area (Å²) in [7, 11) is -3.87. The Kier molecular flexibility index (Phi) is 8.76. The third kappa shape index (κ3) is 6.56. The van der Waals surface area contributed by atoms with Crippen LogP contribution in [0.1, 0.15) is 45.1 Å². The van der Waals surface area contributed by atoms with Crippen LogP contribution in [-0.4, -0.2) is 62.7 Å². The van der Waals surface area contributed by atoms with E-state index >= 15 is 0 Å². The molecule has 2 aliphatic rings. The van der Waals surface area contributed by atoms with Crippen molar-refractivity contribution in [1.82, 2.24) is 10.2 Å². The molecule has 1 aliphatic heterocycles. The molecule has 1 aliphatic carbocycles. The molecule has 1 saturated carbocycles. The average Bonchev–Trinajstić information content (AvgIpc) is 3.43. The van der Waals surface area contributed by atoms with Crippen molar-refractivity contribution in [2.75, 3.05) is 29.8 Å². The lowest BCUT2D eigenvalue weighted by Gasteiger charge is -2.32. The highest BCUT2D eigenvalue weighted by molar-refractivity contribution is 7.92. The molecule has 2 amide bonds. The van der Waals surface area contributed by atoms with Crippen molar-refractivity contribution in [2.45, 2.75) is 58.2 Å². The van der Waals surface area contributed by atoms with E-state index in [2.05, 4.69) is 5.32 Å². The number of nitrogens with zero attached hydrogens (tertiary/aromatic N) is 2. The first-order chi connectivity index (χ1) is 18.2. The molecular formula is C27H34FN3O6S. The zero-order valence-electron chi connectivity index (χ0n) is 21.7. The number of ether oxygens (including phenoxy) is 2. The van der Waals surface area contributed by atoms with Crippen LogP contribution in [0.15, 0.2) is 42.5 Å². The summed E-state index contributed by atoms with van der Waals surface area (Å²) in [6.45, 7) is 3.33. The maximum atomic E-state index is 13.7. The highest BCUT2D eigenvalue weighted by atomic mass is 32.2. The molecule has 1 atom stereocenters. The molecule has 0 spiro atoms. The molecule has 206 valence electrons. The second-order valence-electron chi connectivity index (χ2n) is 9.55. The predicted octanol–water partition coefficient (Wildman–Crippen LogP) is 3.23. The van der Waals surface area contributed by atoms with Crippen LogP contribution in [0, 0.1) is 5.82 Å². The average molecular weight is 548 g/mol. The number of carbonyl (C=O) groups is 2. The maximum absolute atomic E-state index is 13.7. The van der Waals surface area contributed by atoms with Gasteiger partial charge in [0.25, 0.3) is 0 Å². The number of rotatable bonds is 10. The predicted molar refractivity (Wildman–Crippen MR) is 141 cm³/mol. The summed E-state index contributed by atoms with van der Waals surface area (Å²) < 4.78 is 51.9. The number of sulfonamides is 1. The standard InChI is InChI=1S/C27H34FN3O6S/c1-3-38(34,35)31(23-12-13-24-25(16-23)37-15-14-36-24)18-26(32)30(17-20-8-10-21(28)11-9-20)19(2)27(33)29-22-6-4-5-7-22/h8-13,16,19,22H,3-7,14-15,17-18H2,1-2H3,(H,29,33). The molecule has 2 aromatic carbocycles. The van der Waals surface area contributed by atoms with Gasteiger partial charge in [0.2, 0.25) is 21.8 Å². The second-order valence-corrected chi connectivity index (χ2v) is 11.7. The van der Waals surface area contributed by atoms with Crippen LogP contribution < -0.4 is 19.1 Å². The highest BCUT2D eigenvalue weighted by Gasteiger charge is 2.32. The largest absolute Gasteiger partial charge is 0.486 e. The number of benzene rings is 2. The molecule has 2 aromatic rings. The molecule has 0 aromatic heterocycles. The molecule has 0 radical (unpaired) electrons. The Labute approximate surface area is 222 Å². The number of anilines is 1.